The molecule has 0 bridgehead atoms. The van der Waals surface area contributed by atoms with Gasteiger partial charge in [0.2, 0.25) is 0 Å². The van der Waals surface area contributed by atoms with Crippen LogP contribution in [0.3, 0.4) is 0 Å². The number of rotatable bonds is 16. The summed E-state index contributed by atoms with van der Waals surface area (Å²) in [5, 5.41) is 0. The van der Waals surface area contributed by atoms with Crippen LogP contribution in [-0.4, -0.2) is 27.2 Å². The summed E-state index contributed by atoms with van der Waals surface area (Å²) in [6.45, 7) is 6.14. The molecule has 0 aromatic rings. The van der Waals surface area contributed by atoms with Crippen LogP contribution in [0, 0.1) is 0 Å². The molecule has 0 rings (SSSR count). The first kappa shape index (κ1) is 22.8. The Kier molecular flexibility index (Phi) is 13.1. The van der Waals surface area contributed by atoms with Gasteiger partial charge < -0.3 is 5.73 Å². The fourth-order valence-corrected chi connectivity index (χ4v) is 2.87. The lowest BCUT2D eigenvalue weighted by atomic mass is 10.0. The summed E-state index contributed by atoms with van der Waals surface area (Å²) in [5.74, 6) is 0. The van der Waals surface area contributed by atoms with Crippen LogP contribution in [0.15, 0.2) is 0 Å². The average Bonchev–Trinajstić information content (AvgIpc) is 2.43. The van der Waals surface area contributed by atoms with Crippen LogP contribution in [0.5, 0.6) is 0 Å². The van der Waals surface area contributed by atoms with Gasteiger partial charge in [0, 0.05) is 5.54 Å². The van der Waals surface area contributed by atoms with Crippen molar-refractivity contribution in [1.82, 2.24) is 0 Å². The highest BCUT2D eigenvalue weighted by molar-refractivity contribution is 7.81. The van der Waals surface area contributed by atoms with Crippen molar-refractivity contribution in [1.29, 1.82) is 0 Å². The molecular weight excluding hydrogens is 314 g/mol. The molecule has 0 aliphatic carbocycles. The van der Waals surface area contributed by atoms with E-state index in [1.165, 1.54) is 44.9 Å². The van der Waals surface area contributed by atoms with Crippen LogP contribution in [0.4, 0.5) is 0 Å². The Bertz CT molecular complexity index is 363. The van der Waals surface area contributed by atoms with E-state index in [9.17, 15) is 8.42 Å². The first-order valence-electron chi connectivity index (χ1n) is 9.09. The molecule has 5 nitrogen and oxygen atoms in total. The van der Waals surface area contributed by atoms with E-state index in [4.69, 9.17) is 14.1 Å². The standard InChI is InChI=1S/C17H37NO4S/c1-4-5-6-7-8-9-10-11-12-13-15-21-23(19,20)22-16-14-17(2,3)18/h4-16,18H2,1-3H3. The highest BCUT2D eigenvalue weighted by Crippen LogP contribution is 2.11. The van der Waals surface area contributed by atoms with E-state index >= 15 is 0 Å². The molecule has 0 fully saturated rings. The van der Waals surface area contributed by atoms with Crippen LogP contribution in [0.25, 0.3) is 0 Å². The quantitative estimate of drug-likeness (QED) is 0.419. The zero-order valence-corrected chi connectivity index (χ0v) is 16.1. The molecule has 0 atom stereocenters. The predicted octanol–water partition coefficient (Wildman–Crippen LogP) is 4.31. The second-order valence-corrected chi connectivity index (χ2v) is 8.26. The van der Waals surface area contributed by atoms with Crippen molar-refractivity contribution in [2.45, 2.75) is 96.9 Å². The number of hydrogen-bond acceptors (Lipinski definition) is 5. The van der Waals surface area contributed by atoms with Gasteiger partial charge in [0.25, 0.3) is 0 Å². The first-order valence-corrected chi connectivity index (χ1v) is 10.4. The van der Waals surface area contributed by atoms with Crippen LogP contribution in [-0.2, 0) is 18.8 Å². The van der Waals surface area contributed by atoms with Crippen LogP contribution in [0.2, 0.25) is 0 Å². The van der Waals surface area contributed by atoms with Gasteiger partial charge in [-0.3, -0.25) is 0 Å². The second-order valence-electron chi connectivity index (χ2n) is 6.97. The van der Waals surface area contributed by atoms with Gasteiger partial charge in [-0.25, -0.2) is 8.37 Å². The van der Waals surface area contributed by atoms with Gasteiger partial charge in [-0.05, 0) is 26.7 Å². The summed E-state index contributed by atoms with van der Waals surface area (Å²) in [5.41, 5.74) is 5.32. The van der Waals surface area contributed by atoms with E-state index in [-0.39, 0.29) is 13.2 Å². The molecule has 0 aliphatic rings. The van der Waals surface area contributed by atoms with E-state index in [0.717, 1.165) is 19.3 Å². The molecule has 23 heavy (non-hydrogen) atoms. The molecule has 0 aliphatic heterocycles. The Labute approximate surface area is 143 Å². The molecule has 0 heterocycles. The van der Waals surface area contributed by atoms with Crippen molar-refractivity contribution < 1.29 is 16.8 Å². The monoisotopic (exact) mass is 351 g/mol. The van der Waals surface area contributed by atoms with E-state index < -0.39 is 15.9 Å². The minimum Gasteiger partial charge on any atom is -0.325 e. The Morgan fingerprint density at radius 2 is 1.22 bits per heavy atom. The number of unbranched alkanes of at least 4 members (excludes halogenated alkanes) is 9. The van der Waals surface area contributed by atoms with Gasteiger partial charge in [-0.1, -0.05) is 64.7 Å². The van der Waals surface area contributed by atoms with E-state index in [0.29, 0.717) is 6.42 Å². The maximum Gasteiger partial charge on any atom is 0.399 e. The summed E-state index contributed by atoms with van der Waals surface area (Å²) < 4.78 is 32.6. The Morgan fingerprint density at radius 1 is 0.783 bits per heavy atom. The molecule has 6 heteroatoms. The maximum absolute atomic E-state index is 11.5. The van der Waals surface area contributed by atoms with E-state index in [1.54, 1.807) is 0 Å². The van der Waals surface area contributed by atoms with Gasteiger partial charge in [-0.15, -0.1) is 0 Å². The van der Waals surface area contributed by atoms with Crippen molar-refractivity contribution in [2.75, 3.05) is 13.2 Å². The zero-order chi connectivity index (χ0) is 17.6. The molecule has 0 unspecified atom stereocenters. The van der Waals surface area contributed by atoms with Crippen molar-refractivity contribution in [3.63, 3.8) is 0 Å². The predicted molar refractivity (Wildman–Crippen MR) is 95.6 cm³/mol. The Morgan fingerprint density at radius 3 is 1.70 bits per heavy atom. The lowest BCUT2D eigenvalue weighted by molar-refractivity contribution is 0.199. The van der Waals surface area contributed by atoms with Gasteiger partial charge in [0.1, 0.15) is 0 Å². The minimum absolute atomic E-state index is 0.0594. The third kappa shape index (κ3) is 18.0. The highest BCUT2D eigenvalue weighted by atomic mass is 32.3. The Hall–Kier alpha value is -0.170. The molecule has 0 saturated heterocycles. The second kappa shape index (κ2) is 13.2. The highest BCUT2D eigenvalue weighted by Gasteiger charge is 2.15. The van der Waals surface area contributed by atoms with Crippen molar-refractivity contribution in [3.05, 3.63) is 0 Å². The Balaban J connectivity index is 3.42. The van der Waals surface area contributed by atoms with Crippen LogP contribution < -0.4 is 5.73 Å². The normalized spacial score (nSPS) is 12.7. The molecule has 0 spiro atoms. The summed E-state index contributed by atoms with van der Waals surface area (Å²) >= 11 is 0. The van der Waals surface area contributed by atoms with Crippen molar-refractivity contribution >= 4 is 10.4 Å². The van der Waals surface area contributed by atoms with Crippen LogP contribution >= 0.6 is 0 Å². The zero-order valence-electron chi connectivity index (χ0n) is 15.3. The molecule has 0 radical (unpaired) electrons. The van der Waals surface area contributed by atoms with Gasteiger partial charge in [0.15, 0.2) is 0 Å². The first-order chi connectivity index (χ1) is 10.8. The van der Waals surface area contributed by atoms with Gasteiger partial charge >= 0.3 is 10.4 Å². The summed E-state index contributed by atoms with van der Waals surface area (Å²) in [6, 6.07) is 0. The lowest BCUT2D eigenvalue weighted by Gasteiger charge is -2.17. The number of nitrogens with two attached hydrogens (primary N) is 1. The molecular formula is C17H37NO4S. The average molecular weight is 352 g/mol. The van der Waals surface area contributed by atoms with Gasteiger partial charge in [0.05, 0.1) is 13.2 Å². The molecule has 2 N–H and O–H groups in total. The fourth-order valence-electron chi connectivity index (χ4n) is 2.19. The largest absolute Gasteiger partial charge is 0.399 e. The molecule has 0 amide bonds. The molecule has 0 aromatic carbocycles. The fraction of sp³-hybridized carbons (Fsp3) is 1.00. The van der Waals surface area contributed by atoms with Gasteiger partial charge in [-0.2, -0.15) is 8.42 Å². The van der Waals surface area contributed by atoms with E-state index in [1.807, 2.05) is 13.8 Å². The minimum atomic E-state index is -3.87. The number of hydrogen-bond donors (Lipinski definition) is 1. The molecule has 0 aromatic heterocycles. The van der Waals surface area contributed by atoms with Crippen molar-refractivity contribution in [2.24, 2.45) is 5.73 Å². The third-order valence-electron chi connectivity index (χ3n) is 3.70. The van der Waals surface area contributed by atoms with Crippen molar-refractivity contribution in [3.8, 4) is 0 Å². The summed E-state index contributed by atoms with van der Waals surface area (Å²) in [7, 11) is -3.87. The van der Waals surface area contributed by atoms with Crippen LogP contribution in [0.1, 0.15) is 91.4 Å². The maximum atomic E-state index is 11.5. The smallest absolute Gasteiger partial charge is 0.325 e. The lowest BCUT2D eigenvalue weighted by Crippen LogP contribution is -2.33. The molecule has 0 saturated carbocycles. The third-order valence-corrected chi connectivity index (χ3v) is 4.61. The SMILES string of the molecule is CCCCCCCCCCCCOS(=O)(=O)OCCC(C)(C)N. The van der Waals surface area contributed by atoms with E-state index in [2.05, 4.69) is 6.92 Å². The topological polar surface area (TPSA) is 78.6 Å². The summed E-state index contributed by atoms with van der Waals surface area (Å²) in [6.07, 6.45) is 12.5. The summed E-state index contributed by atoms with van der Waals surface area (Å²) in [4.78, 5) is 0. The molecule has 140 valence electrons.